The summed E-state index contributed by atoms with van der Waals surface area (Å²) < 4.78 is 32.5. The van der Waals surface area contributed by atoms with Crippen LogP contribution in [0.4, 0.5) is 5.69 Å². The van der Waals surface area contributed by atoms with E-state index in [1.54, 1.807) is 31.4 Å². The van der Waals surface area contributed by atoms with Crippen LogP contribution in [-0.2, 0) is 14.8 Å². The van der Waals surface area contributed by atoms with Crippen LogP contribution in [0.15, 0.2) is 52.9 Å². The van der Waals surface area contributed by atoms with Crippen molar-refractivity contribution in [3.8, 4) is 11.8 Å². The summed E-state index contributed by atoms with van der Waals surface area (Å²) in [5.41, 5.74) is 1.79. The molecule has 1 N–H and O–H groups in total. The second kappa shape index (κ2) is 9.77. The maximum atomic E-state index is 12.9. The average molecular weight is 440 g/mol. The molecule has 1 amide bonds. The molecular formula is C23H25N3O4S. The van der Waals surface area contributed by atoms with Crippen LogP contribution in [0.2, 0.25) is 0 Å². The fraction of sp³-hybridized carbons (Fsp3) is 0.304. The second-order valence-electron chi connectivity index (χ2n) is 7.35. The minimum atomic E-state index is -3.62. The van der Waals surface area contributed by atoms with E-state index in [1.165, 1.54) is 22.5 Å². The number of nitrogens with one attached hydrogen (secondary N) is 1. The molecule has 1 aliphatic heterocycles. The lowest BCUT2D eigenvalue weighted by Crippen LogP contribution is -2.35. The molecule has 0 saturated carbocycles. The monoisotopic (exact) mass is 439 g/mol. The van der Waals surface area contributed by atoms with Gasteiger partial charge in [0.15, 0.2) is 0 Å². The Bertz CT molecular complexity index is 1140. The van der Waals surface area contributed by atoms with Gasteiger partial charge in [0.1, 0.15) is 17.4 Å². The number of sulfonamides is 1. The van der Waals surface area contributed by atoms with Crippen LogP contribution < -0.4 is 10.1 Å². The fourth-order valence-corrected chi connectivity index (χ4v) is 5.06. The van der Waals surface area contributed by atoms with Gasteiger partial charge in [-0.1, -0.05) is 18.6 Å². The van der Waals surface area contributed by atoms with Crippen molar-refractivity contribution in [3.63, 3.8) is 0 Å². The van der Waals surface area contributed by atoms with E-state index in [2.05, 4.69) is 5.32 Å². The van der Waals surface area contributed by atoms with Crippen molar-refractivity contribution < 1.29 is 17.9 Å². The molecule has 0 aromatic heterocycles. The third kappa shape index (κ3) is 5.32. The van der Waals surface area contributed by atoms with Gasteiger partial charge in [-0.05, 0) is 67.3 Å². The molecule has 8 heteroatoms. The Morgan fingerprint density at radius 1 is 1.16 bits per heavy atom. The van der Waals surface area contributed by atoms with Gasteiger partial charge in [0.25, 0.3) is 5.91 Å². The maximum Gasteiger partial charge on any atom is 0.266 e. The van der Waals surface area contributed by atoms with Gasteiger partial charge in [-0.3, -0.25) is 4.79 Å². The number of aryl methyl sites for hydroxylation is 1. The Hall–Kier alpha value is -3.15. The SMILES string of the molecule is COc1ccc(/C=C(\C#N)C(=O)Nc2cccc(S(=O)(=O)N3CCCCC3)c2)cc1C. The number of ether oxygens (including phenoxy) is 1. The molecule has 0 unspecified atom stereocenters. The summed E-state index contributed by atoms with van der Waals surface area (Å²) in [7, 11) is -2.04. The molecule has 7 nitrogen and oxygen atoms in total. The molecule has 0 spiro atoms. The van der Waals surface area contributed by atoms with Crippen molar-refractivity contribution in [2.75, 3.05) is 25.5 Å². The Balaban J connectivity index is 1.80. The molecule has 0 aliphatic carbocycles. The van der Waals surface area contributed by atoms with E-state index in [0.29, 0.717) is 30.1 Å². The number of piperidine rings is 1. The van der Waals surface area contributed by atoms with E-state index in [9.17, 15) is 18.5 Å². The number of hydrogen-bond donors (Lipinski definition) is 1. The summed E-state index contributed by atoms with van der Waals surface area (Å²) in [4.78, 5) is 12.8. The highest BCUT2D eigenvalue weighted by Crippen LogP contribution is 2.24. The smallest absolute Gasteiger partial charge is 0.266 e. The lowest BCUT2D eigenvalue weighted by molar-refractivity contribution is -0.112. The number of anilines is 1. The number of carbonyl (C=O) groups excluding carboxylic acids is 1. The first-order chi connectivity index (χ1) is 14.8. The number of methoxy groups -OCH3 is 1. The van der Waals surface area contributed by atoms with E-state index < -0.39 is 15.9 Å². The van der Waals surface area contributed by atoms with Crippen molar-refractivity contribution in [1.29, 1.82) is 5.26 Å². The zero-order valence-electron chi connectivity index (χ0n) is 17.6. The number of hydrogen-bond acceptors (Lipinski definition) is 5. The van der Waals surface area contributed by atoms with Gasteiger partial charge in [0.2, 0.25) is 10.0 Å². The highest BCUT2D eigenvalue weighted by atomic mass is 32.2. The summed E-state index contributed by atoms with van der Waals surface area (Å²) in [6.07, 6.45) is 4.20. The van der Waals surface area contributed by atoms with Crippen LogP contribution in [0.5, 0.6) is 5.75 Å². The Morgan fingerprint density at radius 2 is 1.90 bits per heavy atom. The highest BCUT2D eigenvalue weighted by molar-refractivity contribution is 7.89. The van der Waals surface area contributed by atoms with Gasteiger partial charge in [-0.25, -0.2) is 8.42 Å². The molecule has 2 aromatic carbocycles. The summed E-state index contributed by atoms with van der Waals surface area (Å²) in [5.74, 6) is 0.107. The molecule has 1 aliphatic rings. The van der Waals surface area contributed by atoms with E-state index in [4.69, 9.17) is 4.74 Å². The average Bonchev–Trinajstić information content (AvgIpc) is 2.78. The quantitative estimate of drug-likeness (QED) is 0.546. The molecule has 3 rings (SSSR count). The molecule has 1 fully saturated rings. The molecule has 162 valence electrons. The first-order valence-electron chi connectivity index (χ1n) is 10.0. The Kier molecular flexibility index (Phi) is 7.10. The lowest BCUT2D eigenvalue weighted by atomic mass is 10.1. The summed E-state index contributed by atoms with van der Waals surface area (Å²) in [6, 6.07) is 13.4. The van der Waals surface area contributed by atoms with Crippen LogP contribution in [-0.4, -0.2) is 38.8 Å². The van der Waals surface area contributed by atoms with Gasteiger partial charge in [0, 0.05) is 18.8 Å². The van der Waals surface area contributed by atoms with E-state index in [-0.39, 0.29) is 10.5 Å². The van der Waals surface area contributed by atoms with E-state index >= 15 is 0 Å². The molecule has 0 atom stereocenters. The largest absolute Gasteiger partial charge is 0.496 e. The maximum absolute atomic E-state index is 12.9. The normalized spacial score (nSPS) is 15.2. The molecule has 1 heterocycles. The highest BCUT2D eigenvalue weighted by Gasteiger charge is 2.26. The minimum absolute atomic E-state index is 0.0890. The number of nitriles is 1. The number of carbonyl (C=O) groups is 1. The third-order valence-corrected chi connectivity index (χ3v) is 7.03. The lowest BCUT2D eigenvalue weighted by Gasteiger charge is -2.26. The van der Waals surface area contributed by atoms with Gasteiger partial charge in [-0.15, -0.1) is 0 Å². The fourth-order valence-electron chi connectivity index (χ4n) is 3.49. The predicted octanol–water partition coefficient (Wildman–Crippen LogP) is 3.72. The molecule has 0 radical (unpaired) electrons. The molecule has 2 aromatic rings. The van der Waals surface area contributed by atoms with Crippen LogP contribution in [0.1, 0.15) is 30.4 Å². The topological polar surface area (TPSA) is 99.5 Å². The van der Waals surface area contributed by atoms with Crippen LogP contribution in [0.25, 0.3) is 6.08 Å². The predicted molar refractivity (Wildman–Crippen MR) is 119 cm³/mol. The molecule has 0 bridgehead atoms. The molecular weight excluding hydrogens is 414 g/mol. The molecule has 31 heavy (non-hydrogen) atoms. The number of nitrogens with zero attached hydrogens (tertiary/aromatic N) is 2. The Morgan fingerprint density at radius 3 is 2.55 bits per heavy atom. The number of amides is 1. The first kappa shape index (κ1) is 22.5. The van der Waals surface area contributed by atoms with Crippen LogP contribution >= 0.6 is 0 Å². The zero-order valence-corrected chi connectivity index (χ0v) is 18.4. The summed E-state index contributed by atoms with van der Waals surface area (Å²) in [6.45, 7) is 2.87. The molecule has 1 saturated heterocycles. The standard InChI is InChI=1S/C23H25N3O4S/c1-17-13-18(9-10-22(17)30-2)14-19(16-24)23(27)25-20-7-6-8-21(15-20)31(28,29)26-11-4-3-5-12-26/h6-10,13-15H,3-5,11-12H2,1-2H3,(H,25,27)/b19-14+. The van der Waals surface area contributed by atoms with Crippen LogP contribution in [0.3, 0.4) is 0 Å². The zero-order chi connectivity index (χ0) is 22.4. The van der Waals surface area contributed by atoms with Crippen molar-refractivity contribution >= 4 is 27.7 Å². The van der Waals surface area contributed by atoms with Crippen molar-refractivity contribution in [3.05, 3.63) is 59.2 Å². The van der Waals surface area contributed by atoms with Gasteiger partial charge < -0.3 is 10.1 Å². The van der Waals surface area contributed by atoms with Gasteiger partial charge in [0.05, 0.1) is 12.0 Å². The first-order valence-corrected chi connectivity index (χ1v) is 11.5. The van der Waals surface area contributed by atoms with Crippen molar-refractivity contribution in [2.24, 2.45) is 0 Å². The number of benzene rings is 2. The van der Waals surface area contributed by atoms with Crippen LogP contribution in [0, 0.1) is 18.3 Å². The van der Waals surface area contributed by atoms with Crippen molar-refractivity contribution in [1.82, 2.24) is 4.31 Å². The summed E-state index contributed by atoms with van der Waals surface area (Å²) >= 11 is 0. The second-order valence-corrected chi connectivity index (χ2v) is 9.28. The van der Waals surface area contributed by atoms with E-state index in [0.717, 1.165) is 24.8 Å². The van der Waals surface area contributed by atoms with Gasteiger partial charge >= 0.3 is 0 Å². The third-order valence-electron chi connectivity index (χ3n) is 5.14. The Labute approximate surface area is 183 Å². The van der Waals surface area contributed by atoms with E-state index in [1.807, 2.05) is 19.1 Å². The summed E-state index contributed by atoms with van der Waals surface area (Å²) in [5, 5.41) is 12.1. The van der Waals surface area contributed by atoms with Gasteiger partial charge in [-0.2, -0.15) is 9.57 Å². The van der Waals surface area contributed by atoms with Crippen molar-refractivity contribution in [2.45, 2.75) is 31.1 Å². The number of rotatable bonds is 6. The minimum Gasteiger partial charge on any atom is -0.496 e.